The van der Waals surface area contributed by atoms with Crippen molar-refractivity contribution in [2.24, 2.45) is 0 Å². The maximum Gasteiger partial charge on any atom is 0.262 e. The van der Waals surface area contributed by atoms with Gasteiger partial charge in [-0.3, -0.25) is 4.79 Å². The molecule has 2 bridgehead atoms. The second kappa shape index (κ2) is 7.29. The van der Waals surface area contributed by atoms with Crippen molar-refractivity contribution in [3.63, 3.8) is 0 Å². The lowest BCUT2D eigenvalue weighted by molar-refractivity contribution is 0.102. The van der Waals surface area contributed by atoms with Gasteiger partial charge < -0.3 is 15.0 Å². The molecule has 1 N–H and O–H groups in total. The lowest BCUT2D eigenvalue weighted by atomic mass is 10.1. The molecular weight excluding hydrogens is 415 g/mol. The normalized spacial score (nSPS) is 18.3. The van der Waals surface area contributed by atoms with E-state index < -0.39 is 5.82 Å². The van der Waals surface area contributed by atoms with Crippen molar-refractivity contribution in [1.82, 2.24) is 29.4 Å². The van der Waals surface area contributed by atoms with Crippen molar-refractivity contribution >= 4 is 23.2 Å². The predicted octanol–water partition coefficient (Wildman–Crippen LogP) is 2.45. The molecule has 0 saturated carbocycles. The second-order valence-electron chi connectivity index (χ2n) is 7.75. The van der Waals surface area contributed by atoms with Crippen LogP contribution < -0.4 is 15.0 Å². The molecule has 6 heterocycles. The van der Waals surface area contributed by atoms with Crippen LogP contribution in [0.5, 0.6) is 5.88 Å². The molecule has 2 aliphatic heterocycles. The minimum Gasteiger partial charge on any atom is -0.475 e. The van der Waals surface area contributed by atoms with Crippen molar-refractivity contribution in [2.75, 3.05) is 23.4 Å². The van der Waals surface area contributed by atoms with E-state index >= 15 is 0 Å². The fraction of sp³-hybridized carbons (Fsp3) is 0.286. The monoisotopic (exact) mass is 434 g/mol. The number of pyridine rings is 1. The molecule has 0 spiro atoms. The number of rotatable bonds is 0. The minimum atomic E-state index is -0.414. The van der Waals surface area contributed by atoms with E-state index in [9.17, 15) is 9.18 Å². The maximum atomic E-state index is 14.2. The van der Waals surface area contributed by atoms with Gasteiger partial charge in [-0.2, -0.15) is 10.2 Å². The first-order valence-corrected chi connectivity index (χ1v) is 10.4. The number of aromatic nitrogens is 6. The SMILES string of the molecule is O=C1Nc2ccnn2CCOc2ncc(F)cc2[C@H]2CCCN2c2ccn3ncc1c3n2. The molecule has 0 radical (unpaired) electrons. The van der Waals surface area contributed by atoms with Gasteiger partial charge >= 0.3 is 0 Å². The molecule has 1 fully saturated rings. The van der Waals surface area contributed by atoms with Crippen LogP contribution in [0, 0.1) is 5.82 Å². The average Bonchev–Trinajstić information content (AvgIpc) is 3.53. The highest BCUT2D eigenvalue weighted by Gasteiger charge is 2.31. The van der Waals surface area contributed by atoms with E-state index in [-0.39, 0.29) is 18.6 Å². The van der Waals surface area contributed by atoms with E-state index in [1.54, 1.807) is 27.7 Å². The largest absolute Gasteiger partial charge is 0.475 e. The van der Waals surface area contributed by atoms with Gasteiger partial charge in [0.05, 0.1) is 31.2 Å². The summed E-state index contributed by atoms with van der Waals surface area (Å²) in [5.41, 5.74) is 1.48. The Bertz CT molecular complexity index is 1330. The van der Waals surface area contributed by atoms with Crippen LogP contribution in [-0.2, 0) is 6.54 Å². The van der Waals surface area contributed by atoms with Crippen molar-refractivity contribution in [1.29, 1.82) is 0 Å². The maximum absolute atomic E-state index is 14.2. The number of carbonyl (C=O) groups is 1. The topological polar surface area (TPSA) is 102 Å². The minimum absolute atomic E-state index is 0.145. The third kappa shape index (κ3) is 3.04. The zero-order chi connectivity index (χ0) is 21.7. The van der Waals surface area contributed by atoms with Gasteiger partial charge in [0.15, 0.2) is 5.65 Å². The number of nitrogens with zero attached hydrogens (tertiary/aromatic N) is 7. The predicted molar refractivity (Wildman–Crippen MR) is 112 cm³/mol. The molecule has 2 aliphatic rings. The summed E-state index contributed by atoms with van der Waals surface area (Å²) >= 11 is 0. The average molecular weight is 434 g/mol. The molecule has 11 heteroatoms. The third-order valence-corrected chi connectivity index (χ3v) is 5.85. The zero-order valence-electron chi connectivity index (χ0n) is 17.0. The molecule has 0 aliphatic carbocycles. The Hall–Kier alpha value is -4.02. The van der Waals surface area contributed by atoms with Crippen LogP contribution in [0.1, 0.15) is 34.8 Å². The number of hydrogen-bond acceptors (Lipinski definition) is 7. The summed E-state index contributed by atoms with van der Waals surface area (Å²) in [5, 5.41) is 11.4. The summed E-state index contributed by atoms with van der Waals surface area (Å²) in [5.74, 6) is 0.860. The van der Waals surface area contributed by atoms with Crippen LogP contribution in [0.25, 0.3) is 5.65 Å². The van der Waals surface area contributed by atoms with Crippen molar-refractivity contribution in [2.45, 2.75) is 25.4 Å². The number of hydrogen-bond donors (Lipinski definition) is 1. The molecular formula is C21H19FN8O2. The van der Waals surface area contributed by atoms with Crippen LogP contribution >= 0.6 is 0 Å². The van der Waals surface area contributed by atoms with Crippen LogP contribution in [0.15, 0.2) is 43.0 Å². The van der Waals surface area contributed by atoms with Crippen LogP contribution in [0.2, 0.25) is 0 Å². The van der Waals surface area contributed by atoms with Gasteiger partial charge in [0.25, 0.3) is 5.91 Å². The summed E-state index contributed by atoms with van der Waals surface area (Å²) in [7, 11) is 0. The summed E-state index contributed by atoms with van der Waals surface area (Å²) in [6.45, 7) is 1.38. The van der Waals surface area contributed by atoms with Crippen molar-refractivity contribution in [3.05, 3.63) is 59.9 Å². The second-order valence-corrected chi connectivity index (χ2v) is 7.75. The summed E-state index contributed by atoms with van der Waals surface area (Å²) in [4.78, 5) is 24.1. The lowest BCUT2D eigenvalue weighted by Crippen LogP contribution is -2.25. The van der Waals surface area contributed by atoms with E-state index in [0.717, 1.165) is 25.6 Å². The quantitative estimate of drug-likeness (QED) is 0.453. The van der Waals surface area contributed by atoms with Gasteiger partial charge in [0.2, 0.25) is 5.88 Å². The van der Waals surface area contributed by atoms with E-state index in [2.05, 4.69) is 25.4 Å². The molecule has 1 amide bonds. The molecule has 10 nitrogen and oxygen atoms in total. The number of fused-ring (bicyclic) bond motifs is 6. The Morgan fingerprint density at radius 3 is 3.06 bits per heavy atom. The van der Waals surface area contributed by atoms with Gasteiger partial charge in [-0.1, -0.05) is 0 Å². The van der Waals surface area contributed by atoms with E-state index in [1.165, 1.54) is 12.3 Å². The molecule has 4 aromatic heterocycles. The van der Waals surface area contributed by atoms with Crippen LogP contribution in [-0.4, -0.2) is 48.4 Å². The lowest BCUT2D eigenvalue weighted by Gasteiger charge is -2.27. The van der Waals surface area contributed by atoms with Gasteiger partial charge in [-0.15, -0.1) is 0 Å². The van der Waals surface area contributed by atoms with Crippen LogP contribution in [0.4, 0.5) is 16.0 Å². The van der Waals surface area contributed by atoms with Crippen molar-refractivity contribution < 1.29 is 13.9 Å². The Balaban J connectivity index is 1.51. The van der Waals surface area contributed by atoms with Gasteiger partial charge in [-0.25, -0.2) is 23.6 Å². The molecule has 6 rings (SSSR count). The Morgan fingerprint density at radius 2 is 2.12 bits per heavy atom. The molecule has 162 valence electrons. The van der Waals surface area contributed by atoms with E-state index in [1.807, 2.05) is 6.07 Å². The fourth-order valence-corrected chi connectivity index (χ4v) is 4.37. The molecule has 0 unspecified atom stereocenters. The first kappa shape index (κ1) is 18.7. The highest BCUT2D eigenvalue weighted by molar-refractivity contribution is 6.07. The van der Waals surface area contributed by atoms with Gasteiger partial charge in [0, 0.05) is 24.4 Å². The van der Waals surface area contributed by atoms with Crippen LogP contribution in [0.3, 0.4) is 0 Å². The highest BCUT2D eigenvalue weighted by Crippen LogP contribution is 2.39. The molecule has 1 saturated heterocycles. The van der Waals surface area contributed by atoms with Gasteiger partial charge in [0.1, 0.15) is 29.6 Å². The molecule has 32 heavy (non-hydrogen) atoms. The molecule has 1 atom stereocenters. The first-order chi connectivity index (χ1) is 15.7. The van der Waals surface area contributed by atoms with Gasteiger partial charge in [-0.05, 0) is 25.0 Å². The Labute approximate surface area is 181 Å². The Morgan fingerprint density at radius 1 is 1.19 bits per heavy atom. The number of amides is 1. The molecule has 4 aromatic rings. The fourth-order valence-electron chi connectivity index (χ4n) is 4.37. The third-order valence-electron chi connectivity index (χ3n) is 5.85. The molecule has 0 aromatic carbocycles. The van der Waals surface area contributed by atoms with E-state index in [0.29, 0.717) is 40.8 Å². The first-order valence-electron chi connectivity index (χ1n) is 10.4. The zero-order valence-corrected chi connectivity index (χ0v) is 17.0. The summed E-state index contributed by atoms with van der Waals surface area (Å²) < 4.78 is 23.3. The smallest absolute Gasteiger partial charge is 0.262 e. The summed E-state index contributed by atoms with van der Waals surface area (Å²) in [6, 6.07) is 4.89. The standard InChI is InChI=1S/C21H19FN8O2/c22-13-10-14-16-2-1-6-28(16)17-4-7-30-19(26-17)15(12-25-30)20(31)27-18-3-5-24-29(18)8-9-32-21(14)23-11-13/h3-5,7,10-12,16H,1-2,6,8-9H2,(H,27,31)/t16-/m1/s1. The number of halogens is 1. The number of ether oxygens (including phenoxy) is 1. The number of anilines is 2. The highest BCUT2D eigenvalue weighted by atomic mass is 19.1. The van der Waals surface area contributed by atoms with E-state index in [4.69, 9.17) is 9.72 Å². The summed E-state index contributed by atoms with van der Waals surface area (Å²) in [6.07, 6.45) is 7.76. The Kier molecular flexibility index (Phi) is 4.27. The number of carbonyl (C=O) groups excluding carboxylic acids is 1. The number of nitrogens with one attached hydrogen (secondary N) is 1. The van der Waals surface area contributed by atoms with Crippen molar-refractivity contribution in [3.8, 4) is 5.88 Å².